The third-order valence-electron chi connectivity index (χ3n) is 4.46. The Morgan fingerprint density at radius 1 is 1.22 bits per heavy atom. The monoisotopic (exact) mass is 275 g/mol. The number of nitrogens with two attached hydrogens (primary N) is 1. The summed E-state index contributed by atoms with van der Waals surface area (Å²) in [7, 11) is -2.88. The number of sulfone groups is 1. The van der Waals surface area contributed by atoms with Gasteiger partial charge in [-0.3, -0.25) is 9.80 Å². The van der Waals surface area contributed by atoms with Crippen LogP contribution in [0.25, 0.3) is 0 Å². The molecule has 6 heteroatoms. The van der Waals surface area contributed by atoms with Crippen LogP contribution in [-0.2, 0) is 9.84 Å². The van der Waals surface area contributed by atoms with E-state index in [1.165, 1.54) is 0 Å². The third-order valence-corrected chi connectivity index (χ3v) is 6.27. The molecule has 0 aliphatic carbocycles. The molecule has 2 heterocycles. The Morgan fingerprint density at radius 2 is 1.83 bits per heavy atom. The van der Waals surface area contributed by atoms with Crippen LogP contribution in [0, 0.1) is 0 Å². The van der Waals surface area contributed by atoms with Crippen molar-refractivity contribution in [2.45, 2.75) is 31.8 Å². The lowest BCUT2D eigenvalue weighted by Crippen LogP contribution is -2.61. The molecule has 0 saturated carbocycles. The van der Waals surface area contributed by atoms with Crippen molar-refractivity contribution in [2.24, 2.45) is 5.73 Å². The summed E-state index contributed by atoms with van der Waals surface area (Å²) in [6.07, 6.45) is 0.702. The van der Waals surface area contributed by atoms with Crippen LogP contribution in [0.5, 0.6) is 0 Å². The molecule has 2 rings (SSSR count). The van der Waals surface area contributed by atoms with E-state index in [0.29, 0.717) is 24.8 Å². The van der Waals surface area contributed by atoms with Crippen molar-refractivity contribution in [1.29, 1.82) is 0 Å². The molecule has 0 amide bonds. The summed E-state index contributed by atoms with van der Waals surface area (Å²) in [6.45, 7) is 8.76. The second-order valence-corrected chi connectivity index (χ2v) is 8.07. The maximum atomic E-state index is 11.7. The van der Waals surface area contributed by atoms with Crippen molar-refractivity contribution in [1.82, 2.24) is 9.80 Å². The van der Waals surface area contributed by atoms with Crippen LogP contribution in [0.4, 0.5) is 0 Å². The van der Waals surface area contributed by atoms with E-state index in [2.05, 4.69) is 23.6 Å². The molecular formula is C12H25N3O2S. The van der Waals surface area contributed by atoms with E-state index in [1.54, 1.807) is 0 Å². The molecule has 2 saturated heterocycles. The molecule has 1 atom stereocenters. The van der Waals surface area contributed by atoms with Crippen LogP contribution in [-0.4, -0.2) is 74.0 Å². The van der Waals surface area contributed by atoms with Crippen LogP contribution >= 0.6 is 0 Å². The van der Waals surface area contributed by atoms with Crippen LogP contribution in [0.15, 0.2) is 0 Å². The summed E-state index contributed by atoms with van der Waals surface area (Å²) < 4.78 is 23.5. The lowest BCUT2D eigenvalue weighted by Gasteiger charge is -2.45. The quantitative estimate of drug-likeness (QED) is 0.754. The van der Waals surface area contributed by atoms with Gasteiger partial charge in [-0.05, 0) is 20.3 Å². The van der Waals surface area contributed by atoms with Crippen molar-refractivity contribution in [3.63, 3.8) is 0 Å². The lowest BCUT2D eigenvalue weighted by molar-refractivity contribution is 0.0387. The summed E-state index contributed by atoms with van der Waals surface area (Å²) in [6, 6.07) is 0.563. The highest BCUT2D eigenvalue weighted by atomic mass is 32.2. The molecule has 2 fully saturated rings. The first-order chi connectivity index (χ1) is 8.38. The van der Waals surface area contributed by atoms with Crippen LogP contribution in [0.2, 0.25) is 0 Å². The van der Waals surface area contributed by atoms with Crippen molar-refractivity contribution < 1.29 is 8.42 Å². The molecule has 2 N–H and O–H groups in total. The highest BCUT2D eigenvalue weighted by molar-refractivity contribution is 7.91. The number of hydrogen-bond acceptors (Lipinski definition) is 5. The van der Waals surface area contributed by atoms with Crippen LogP contribution in [0.3, 0.4) is 0 Å². The van der Waals surface area contributed by atoms with Gasteiger partial charge in [-0.15, -0.1) is 0 Å². The Kier molecular flexibility index (Phi) is 4.02. The third kappa shape index (κ3) is 2.71. The summed E-state index contributed by atoms with van der Waals surface area (Å²) in [5.74, 6) is 0.548. The van der Waals surface area contributed by atoms with E-state index in [1.807, 2.05) is 0 Å². The fourth-order valence-corrected chi connectivity index (χ4v) is 5.25. The van der Waals surface area contributed by atoms with Crippen molar-refractivity contribution in [2.75, 3.05) is 44.2 Å². The van der Waals surface area contributed by atoms with Crippen LogP contribution < -0.4 is 5.73 Å². The van der Waals surface area contributed by atoms with Crippen LogP contribution in [0.1, 0.15) is 20.3 Å². The normalized spacial score (nSPS) is 34.2. The maximum absolute atomic E-state index is 11.7. The molecule has 2 aliphatic rings. The zero-order valence-electron chi connectivity index (χ0n) is 11.4. The first-order valence-corrected chi connectivity index (χ1v) is 8.60. The van der Waals surface area contributed by atoms with E-state index >= 15 is 0 Å². The Labute approximate surface area is 110 Å². The second kappa shape index (κ2) is 5.07. The van der Waals surface area contributed by atoms with Gasteiger partial charge in [0.1, 0.15) is 0 Å². The van der Waals surface area contributed by atoms with E-state index in [4.69, 9.17) is 5.73 Å². The fourth-order valence-electron chi connectivity index (χ4n) is 3.15. The molecular weight excluding hydrogens is 250 g/mol. The molecule has 1 unspecified atom stereocenters. The second-order valence-electron chi connectivity index (χ2n) is 5.89. The Hall–Kier alpha value is -0.170. The van der Waals surface area contributed by atoms with Gasteiger partial charge in [-0.25, -0.2) is 8.42 Å². The van der Waals surface area contributed by atoms with E-state index in [0.717, 1.165) is 26.2 Å². The Bertz CT molecular complexity index is 388. The minimum Gasteiger partial charge on any atom is -0.329 e. The smallest absolute Gasteiger partial charge is 0.152 e. The molecule has 0 aromatic carbocycles. The predicted molar refractivity (Wildman–Crippen MR) is 73.3 cm³/mol. The zero-order valence-corrected chi connectivity index (χ0v) is 12.2. The average molecular weight is 275 g/mol. The molecule has 5 nitrogen and oxygen atoms in total. The van der Waals surface area contributed by atoms with Crippen molar-refractivity contribution >= 4 is 9.84 Å². The molecule has 0 radical (unpaired) electrons. The standard InChI is InChI=1S/C12H25N3O2S/c1-11(2)14-4-6-15(7-5-14)12(9-13)3-8-18(16,17)10-12/h11H,3-10,13H2,1-2H3. The Balaban J connectivity index is 2.04. The summed E-state index contributed by atoms with van der Waals surface area (Å²) in [5, 5.41) is 0. The molecule has 0 bridgehead atoms. The van der Waals surface area contributed by atoms with Gasteiger partial charge >= 0.3 is 0 Å². The predicted octanol–water partition coefficient (Wildman–Crippen LogP) is -0.472. The number of hydrogen-bond donors (Lipinski definition) is 1. The maximum Gasteiger partial charge on any atom is 0.152 e. The summed E-state index contributed by atoms with van der Waals surface area (Å²) in [5.41, 5.74) is 5.61. The molecule has 0 aromatic rings. The highest BCUT2D eigenvalue weighted by Crippen LogP contribution is 2.30. The van der Waals surface area contributed by atoms with E-state index in [-0.39, 0.29) is 11.3 Å². The van der Waals surface area contributed by atoms with Crippen molar-refractivity contribution in [3.05, 3.63) is 0 Å². The van der Waals surface area contributed by atoms with Gasteiger partial charge in [0.25, 0.3) is 0 Å². The summed E-state index contributed by atoms with van der Waals surface area (Å²) >= 11 is 0. The molecule has 2 aliphatic heterocycles. The van der Waals surface area contributed by atoms with Gasteiger partial charge in [0.2, 0.25) is 0 Å². The Morgan fingerprint density at radius 3 is 2.22 bits per heavy atom. The van der Waals surface area contributed by atoms with Gasteiger partial charge in [-0.2, -0.15) is 0 Å². The topological polar surface area (TPSA) is 66.6 Å². The SMILES string of the molecule is CC(C)N1CCN(C2(CN)CCS(=O)(=O)C2)CC1. The number of rotatable bonds is 3. The van der Waals surface area contributed by atoms with Gasteiger partial charge < -0.3 is 5.73 Å². The minimum atomic E-state index is -2.88. The number of piperazine rings is 1. The first kappa shape index (κ1) is 14.2. The number of nitrogens with zero attached hydrogens (tertiary/aromatic N) is 2. The van der Waals surface area contributed by atoms with Gasteiger partial charge in [0.05, 0.1) is 11.5 Å². The van der Waals surface area contributed by atoms with Gasteiger partial charge in [0, 0.05) is 44.3 Å². The zero-order chi connectivity index (χ0) is 13.4. The molecule has 0 spiro atoms. The molecule has 18 heavy (non-hydrogen) atoms. The highest BCUT2D eigenvalue weighted by Gasteiger charge is 2.46. The average Bonchev–Trinajstić information content (AvgIpc) is 2.66. The minimum absolute atomic E-state index is 0.248. The molecule has 106 valence electrons. The lowest BCUT2D eigenvalue weighted by atomic mass is 9.95. The van der Waals surface area contributed by atoms with E-state index < -0.39 is 9.84 Å². The van der Waals surface area contributed by atoms with Gasteiger partial charge in [0.15, 0.2) is 9.84 Å². The largest absolute Gasteiger partial charge is 0.329 e. The first-order valence-electron chi connectivity index (χ1n) is 6.78. The fraction of sp³-hybridized carbons (Fsp3) is 1.00. The van der Waals surface area contributed by atoms with E-state index in [9.17, 15) is 8.42 Å². The van der Waals surface area contributed by atoms with Gasteiger partial charge in [-0.1, -0.05) is 0 Å². The summed E-state index contributed by atoms with van der Waals surface area (Å²) in [4.78, 5) is 4.75. The molecule has 0 aromatic heterocycles. The van der Waals surface area contributed by atoms with Crippen molar-refractivity contribution in [3.8, 4) is 0 Å².